The summed E-state index contributed by atoms with van der Waals surface area (Å²) in [7, 11) is 0. The highest BCUT2D eigenvalue weighted by Crippen LogP contribution is 2.27. The van der Waals surface area contributed by atoms with Crippen molar-refractivity contribution >= 4 is 28.4 Å². The molecule has 3 rings (SSSR count). The van der Waals surface area contributed by atoms with Crippen LogP contribution in [0.5, 0.6) is 0 Å². The number of carbonyl (C=O) groups excluding carboxylic acids is 1. The normalized spacial score (nSPS) is 22.1. The lowest BCUT2D eigenvalue weighted by Gasteiger charge is -2.25. The lowest BCUT2D eigenvalue weighted by atomic mass is 9.89. The third-order valence-electron chi connectivity index (χ3n) is 4.20. The van der Waals surface area contributed by atoms with Crippen LogP contribution < -0.4 is 5.32 Å². The largest absolute Gasteiger partial charge is 0.352 e. The molecule has 1 N–H and O–H groups in total. The number of amides is 1. The SMILES string of the molecule is O=C(NCC1CCC(Cl)CC1)c1cccc2cccnc12. The van der Waals surface area contributed by atoms with Crippen molar-refractivity contribution in [3.05, 3.63) is 42.1 Å². The van der Waals surface area contributed by atoms with Crippen LogP contribution in [-0.2, 0) is 0 Å². The lowest BCUT2D eigenvalue weighted by Crippen LogP contribution is -2.31. The van der Waals surface area contributed by atoms with E-state index in [0.717, 1.165) is 43.1 Å². The van der Waals surface area contributed by atoms with E-state index >= 15 is 0 Å². The molecule has 3 nitrogen and oxygen atoms in total. The highest BCUT2D eigenvalue weighted by Gasteiger charge is 2.20. The van der Waals surface area contributed by atoms with Crippen molar-refractivity contribution < 1.29 is 4.79 Å². The summed E-state index contributed by atoms with van der Waals surface area (Å²) in [4.78, 5) is 16.7. The van der Waals surface area contributed by atoms with Crippen LogP contribution in [0.1, 0.15) is 36.0 Å². The van der Waals surface area contributed by atoms with E-state index in [0.29, 0.717) is 16.9 Å². The summed E-state index contributed by atoms with van der Waals surface area (Å²) >= 11 is 6.11. The third-order valence-corrected chi connectivity index (χ3v) is 4.64. The van der Waals surface area contributed by atoms with Crippen LogP contribution in [0.2, 0.25) is 0 Å². The molecule has 0 radical (unpaired) electrons. The number of nitrogens with zero attached hydrogens (tertiary/aromatic N) is 1. The van der Waals surface area contributed by atoms with Crippen molar-refractivity contribution in [2.24, 2.45) is 5.92 Å². The lowest BCUT2D eigenvalue weighted by molar-refractivity contribution is 0.0945. The maximum absolute atomic E-state index is 12.4. The average molecular weight is 303 g/mol. The van der Waals surface area contributed by atoms with Gasteiger partial charge in [0, 0.05) is 23.5 Å². The van der Waals surface area contributed by atoms with Crippen molar-refractivity contribution in [2.75, 3.05) is 6.54 Å². The first-order chi connectivity index (χ1) is 10.2. The Kier molecular flexibility index (Phi) is 4.39. The molecule has 21 heavy (non-hydrogen) atoms. The van der Waals surface area contributed by atoms with Crippen molar-refractivity contribution in [1.82, 2.24) is 10.3 Å². The van der Waals surface area contributed by atoms with Gasteiger partial charge in [0.25, 0.3) is 5.91 Å². The summed E-state index contributed by atoms with van der Waals surface area (Å²) in [6, 6.07) is 9.56. The Labute approximate surface area is 129 Å². The number of aromatic nitrogens is 1. The Morgan fingerprint density at radius 2 is 1.95 bits per heavy atom. The molecule has 1 saturated carbocycles. The first-order valence-electron chi connectivity index (χ1n) is 7.50. The van der Waals surface area contributed by atoms with E-state index in [2.05, 4.69) is 10.3 Å². The molecule has 1 aromatic heterocycles. The van der Waals surface area contributed by atoms with E-state index in [9.17, 15) is 4.79 Å². The Hall–Kier alpha value is -1.61. The maximum atomic E-state index is 12.4. The number of para-hydroxylation sites is 1. The van der Waals surface area contributed by atoms with Gasteiger partial charge in [-0.25, -0.2) is 0 Å². The zero-order valence-electron chi connectivity index (χ0n) is 11.9. The maximum Gasteiger partial charge on any atom is 0.253 e. The molecule has 2 aromatic rings. The first kappa shape index (κ1) is 14.3. The van der Waals surface area contributed by atoms with Gasteiger partial charge in [0.2, 0.25) is 0 Å². The third kappa shape index (κ3) is 3.35. The number of pyridine rings is 1. The van der Waals surface area contributed by atoms with Crippen LogP contribution in [0.4, 0.5) is 0 Å². The topological polar surface area (TPSA) is 42.0 Å². The Morgan fingerprint density at radius 3 is 2.76 bits per heavy atom. The van der Waals surface area contributed by atoms with E-state index in [-0.39, 0.29) is 5.91 Å². The minimum absolute atomic E-state index is 0.0349. The molecule has 0 atom stereocenters. The van der Waals surface area contributed by atoms with Crippen molar-refractivity contribution in [3.63, 3.8) is 0 Å². The number of benzene rings is 1. The standard InChI is InChI=1S/C17H19ClN2O/c18-14-8-6-12(7-9-14)11-20-17(21)15-5-1-3-13-4-2-10-19-16(13)15/h1-5,10,12,14H,6-9,11H2,(H,20,21). The Balaban J connectivity index is 1.67. The molecule has 0 spiro atoms. The van der Waals surface area contributed by atoms with Gasteiger partial charge < -0.3 is 5.32 Å². The molecule has 110 valence electrons. The summed E-state index contributed by atoms with van der Waals surface area (Å²) in [5.41, 5.74) is 1.42. The highest BCUT2D eigenvalue weighted by molar-refractivity contribution is 6.20. The highest BCUT2D eigenvalue weighted by atomic mass is 35.5. The molecule has 0 saturated heterocycles. The van der Waals surface area contributed by atoms with Gasteiger partial charge in [-0.3, -0.25) is 9.78 Å². The van der Waals surface area contributed by atoms with E-state index in [1.807, 2.05) is 30.3 Å². The summed E-state index contributed by atoms with van der Waals surface area (Å²) in [5.74, 6) is 0.513. The van der Waals surface area contributed by atoms with E-state index in [4.69, 9.17) is 11.6 Å². The van der Waals surface area contributed by atoms with Crippen LogP contribution in [0.3, 0.4) is 0 Å². The van der Waals surface area contributed by atoms with Crippen molar-refractivity contribution in [1.29, 1.82) is 0 Å². The molecule has 1 fully saturated rings. The minimum atomic E-state index is -0.0349. The molecule has 4 heteroatoms. The van der Waals surface area contributed by atoms with Crippen LogP contribution in [0.15, 0.2) is 36.5 Å². The van der Waals surface area contributed by atoms with Crippen molar-refractivity contribution in [2.45, 2.75) is 31.1 Å². The molecular weight excluding hydrogens is 284 g/mol. The average Bonchev–Trinajstić information content (AvgIpc) is 2.53. The summed E-state index contributed by atoms with van der Waals surface area (Å²) in [6.45, 7) is 0.728. The second-order valence-corrected chi connectivity index (χ2v) is 6.33. The zero-order chi connectivity index (χ0) is 14.7. The number of fused-ring (bicyclic) bond motifs is 1. The van der Waals surface area contributed by atoms with Gasteiger partial charge in [-0.15, -0.1) is 11.6 Å². The summed E-state index contributed by atoms with van der Waals surface area (Å²) in [5, 5.41) is 4.37. The van der Waals surface area contributed by atoms with Gasteiger partial charge in [0.1, 0.15) is 0 Å². The summed E-state index contributed by atoms with van der Waals surface area (Å²) in [6.07, 6.45) is 6.03. The second kappa shape index (κ2) is 6.44. The van der Waals surface area contributed by atoms with Gasteiger partial charge in [-0.2, -0.15) is 0 Å². The monoisotopic (exact) mass is 302 g/mol. The predicted octanol–water partition coefficient (Wildman–Crippen LogP) is 3.76. The molecule has 0 bridgehead atoms. The molecule has 1 amide bonds. The number of carbonyl (C=O) groups is 1. The fourth-order valence-electron chi connectivity index (χ4n) is 2.95. The molecule has 1 aliphatic carbocycles. The van der Waals surface area contributed by atoms with Crippen LogP contribution >= 0.6 is 11.6 Å². The Bertz CT molecular complexity index is 630. The molecule has 1 aromatic carbocycles. The fourth-order valence-corrected chi connectivity index (χ4v) is 3.20. The minimum Gasteiger partial charge on any atom is -0.352 e. The fraction of sp³-hybridized carbons (Fsp3) is 0.412. The van der Waals surface area contributed by atoms with E-state index in [1.54, 1.807) is 6.20 Å². The van der Waals surface area contributed by atoms with Gasteiger partial charge in [0.05, 0.1) is 11.1 Å². The van der Waals surface area contributed by atoms with Gasteiger partial charge in [-0.05, 0) is 43.7 Å². The first-order valence-corrected chi connectivity index (χ1v) is 7.93. The smallest absolute Gasteiger partial charge is 0.253 e. The summed E-state index contributed by atoms with van der Waals surface area (Å²) < 4.78 is 0. The molecule has 1 aliphatic rings. The zero-order valence-corrected chi connectivity index (χ0v) is 12.6. The quantitative estimate of drug-likeness (QED) is 0.877. The van der Waals surface area contributed by atoms with Gasteiger partial charge >= 0.3 is 0 Å². The second-order valence-electron chi connectivity index (χ2n) is 5.71. The number of rotatable bonds is 3. The van der Waals surface area contributed by atoms with Crippen LogP contribution in [0, 0.1) is 5.92 Å². The number of halogens is 1. The predicted molar refractivity (Wildman–Crippen MR) is 85.7 cm³/mol. The molecular formula is C17H19ClN2O. The Morgan fingerprint density at radius 1 is 1.19 bits per heavy atom. The number of hydrogen-bond donors (Lipinski definition) is 1. The number of nitrogens with one attached hydrogen (secondary N) is 1. The van der Waals surface area contributed by atoms with E-state index in [1.165, 1.54) is 0 Å². The van der Waals surface area contributed by atoms with Crippen LogP contribution in [0.25, 0.3) is 10.9 Å². The number of alkyl halides is 1. The molecule has 0 unspecified atom stereocenters. The van der Waals surface area contributed by atoms with Crippen molar-refractivity contribution in [3.8, 4) is 0 Å². The van der Waals surface area contributed by atoms with E-state index < -0.39 is 0 Å². The molecule has 1 heterocycles. The van der Waals surface area contributed by atoms with Gasteiger partial charge in [0.15, 0.2) is 0 Å². The van der Waals surface area contributed by atoms with Crippen LogP contribution in [-0.4, -0.2) is 22.8 Å². The number of hydrogen-bond acceptors (Lipinski definition) is 2. The molecule has 0 aliphatic heterocycles. The van der Waals surface area contributed by atoms with Gasteiger partial charge in [-0.1, -0.05) is 18.2 Å².